The number of ether oxygens (including phenoxy) is 2. The molecule has 2 aliphatic rings. The first-order valence-corrected chi connectivity index (χ1v) is 13.5. The highest BCUT2D eigenvalue weighted by Crippen LogP contribution is 2.43. The van der Waals surface area contributed by atoms with E-state index in [0.717, 1.165) is 50.1 Å². The first kappa shape index (κ1) is 27.0. The summed E-state index contributed by atoms with van der Waals surface area (Å²) in [5, 5.41) is 10.4. The van der Waals surface area contributed by atoms with Gasteiger partial charge in [0.2, 0.25) is 12.7 Å². The number of rotatable bonds is 13. The number of hydrogen-bond acceptors (Lipinski definition) is 7. The van der Waals surface area contributed by atoms with E-state index in [1.165, 1.54) is 0 Å². The van der Waals surface area contributed by atoms with Crippen LogP contribution in [0, 0.1) is 12.8 Å². The van der Waals surface area contributed by atoms with Crippen molar-refractivity contribution in [1.82, 2.24) is 14.8 Å². The monoisotopic (exact) mass is 513 g/mol. The second kappa shape index (κ2) is 12.4. The number of oxazole rings is 1. The molecule has 0 radical (unpaired) electrons. The molecule has 0 saturated carbocycles. The number of aliphatic carboxylic acids is 1. The van der Waals surface area contributed by atoms with E-state index in [1.54, 1.807) is 6.20 Å². The Morgan fingerprint density at radius 1 is 1.14 bits per heavy atom. The first-order chi connectivity index (χ1) is 17.9. The van der Waals surface area contributed by atoms with Gasteiger partial charge in [-0.15, -0.1) is 0 Å². The maximum absolute atomic E-state index is 13.5. The fraction of sp³-hybridized carbons (Fsp3) is 0.607. The van der Waals surface area contributed by atoms with Crippen molar-refractivity contribution in [2.75, 3.05) is 33.0 Å². The quantitative estimate of drug-likeness (QED) is 0.424. The number of benzene rings is 1. The van der Waals surface area contributed by atoms with E-state index in [9.17, 15) is 14.7 Å². The van der Waals surface area contributed by atoms with E-state index in [1.807, 2.05) is 30.0 Å². The Morgan fingerprint density at radius 3 is 2.51 bits per heavy atom. The Balaban J connectivity index is 1.58. The lowest BCUT2D eigenvalue weighted by Gasteiger charge is -2.29. The Morgan fingerprint density at radius 2 is 1.86 bits per heavy atom. The predicted molar refractivity (Wildman–Crippen MR) is 138 cm³/mol. The van der Waals surface area contributed by atoms with Crippen LogP contribution in [0.2, 0.25) is 0 Å². The number of likely N-dealkylation sites (tertiary alicyclic amines) is 1. The van der Waals surface area contributed by atoms with Crippen molar-refractivity contribution < 1.29 is 28.6 Å². The molecule has 9 heteroatoms. The van der Waals surface area contributed by atoms with Gasteiger partial charge in [0.15, 0.2) is 17.4 Å². The predicted octanol–water partition coefficient (Wildman–Crippen LogP) is 4.24. The third-order valence-corrected chi connectivity index (χ3v) is 7.44. The summed E-state index contributed by atoms with van der Waals surface area (Å²) in [5.41, 5.74) is 0.886. The summed E-state index contributed by atoms with van der Waals surface area (Å²) < 4.78 is 16.7. The molecular weight excluding hydrogens is 474 g/mol. The highest BCUT2D eigenvalue weighted by atomic mass is 16.7. The van der Waals surface area contributed by atoms with Gasteiger partial charge in [0, 0.05) is 38.0 Å². The Labute approximate surface area is 218 Å². The number of carboxylic acid groups (broad SMARTS) is 1. The molecule has 1 amide bonds. The van der Waals surface area contributed by atoms with Gasteiger partial charge in [0.25, 0.3) is 0 Å². The number of carbonyl (C=O) groups excluding carboxylic acids is 1. The molecule has 1 aromatic heterocycles. The van der Waals surface area contributed by atoms with Crippen LogP contribution < -0.4 is 9.47 Å². The number of aromatic nitrogens is 1. The number of nitrogens with zero attached hydrogens (tertiary/aromatic N) is 3. The minimum atomic E-state index is -0.861. The lowest BCUT2D eigenvalue weighted by atomic mass is 9.83. The van der Waals surface area contributed by atoms with Gasteiger partial charge in [-0.1, -0.05) is 32.8 Å². The second-order valence-electron chi connectivity index (χ2n) is 10.1. The van der Waals surface area contributed by atoms with E-state index in [2.05, 4.69) is 23.7 Å². The number of aryl methyl sites for hydroxylation is 2. The van der Waals surface area contributed by atoms with Gasteiger partial charge in [-0.2, -0.15) is 0 Å². The summed E-state index contributed by atoms with van der Waals surface area (Å²) >= 11 is 0. The highest BCUT2D eigenvalue weighted by Gasteiger charge is 2.47. The molecule has 4 rings (SSSR count). The van der Waals surface area contributed by atoms with Crippen molar-refractivity contribution in [3.05, 3.63) is 41.6 Å². The maximum Gasteiger partial charge on any atom is 0.308 e. The van der Waals surface area contributed by atoms with E-state index in [0.29, 0.717) is 36.8 Å². The van der Waals surface area contributed by atoms with Crippen LogP contribution in [-0.2, 0) is 16.0 Å². The molecule has 202 valence electrons. The standard InChI is InChI=1S/C28H39N3O6/c1-4-6-12-30(13-7-5-2)26(32)17-31-16-21(20-8-10-23-24(14-20)36-18-35-23)27(28(33)34)22(31)9-11-25-29-15-19(3)37-25/h8,10,14-15,21-22,27H,4-7,9,11-13,16-18H2,1-3H3,(H,33,34)/t21-,22+,27?/m1/s1. The summed E-state index contributed by atoms with van der Waals surface area (Å²) in [6, 6.07) is 5.32. The van der Waals surface area contributed by atoms with E-state index < -0.39 is 11.9 Å². The van der Waals surface area contributed by atoms with Crippen molar-refractivity contribution in [3.63, 3.8) is 0 Å². The molecule has 1 aromatic carbocycles. The van der Waals surface area contributed by atoms with Crippen molar-refractivity contribution in [3.8, 4) is 11.5 Å². The summed E-state index contributed by atoms with van der Waals surface area (Å²) in [4.78, 5) is 34.5. The van der Waals surface area contributed by atoms with Crippen molar-refractivity contribution in [1.29, 1.82) is 0 Å². The van der Waals surface area contributed by atoms with Gasteiger partial charge in [0.1, 0.15) is 5.76 Å². The summed E-state index contributed by atoms with van der Waals surface area (Å²) in [6.45, 7) is 8.40. The van der Waals surface area contributed by atoms with E-state index in [-0.39, 0.29) is 31.2 Å². The summed E-state index contributed by atoms with van der Waals surface area (Å²) in [5.74, 6) is 0.859. The third kappa shape index (κ3) is 6.44. The summed E-state index contributed by atoms with van der Waals surface area (Å²) in [7, 11) is 0. The van der Waals surface area contributed by atoms with Crippen LogP contribution in [0.5, 0.6) is 11.5 Å². The zero-order chi connectivity index (χ0) is 26.4. The molecule has 0 spiro atoms. The number of amides is 1. The van der Waals surface area contributed by atoms with Crippen LogP contribution in [0.1, 0.15) is 69.1 Å². The molecule has 1 saturated heterocycles. The number of hydrogen-bond donors (Lipinski definition) is 1. The number of fused-ring (bicyclic) bond motifs is 1. The Kier molecular flexibility index (Phi) is 9.08. The van der Waals surface area contributed by atoms with Crippen molar-refractivity contribution >= 4 is 11.9 Å². The molecule has 1 fully saturated rings. The molecule has 1 unspecified atom stereocenters. The molecule has 3 atom stereocenters. The lowest BCUT2D eigenvalue weighted by molar-refractivity contribution is -0.143. The minimum Gasteiger partial charge on any atom is -0.481 e. The lowest BCUT2D eigenvalue weighted by Crippen LogP contribution is -2.44. The van der Waals surface area contributed by atoms with E-state index >= 15 is 0 Å². The van der Waals surface area contributed by atoms with Gasteiger partial charge < -0.3 is 23.9 Å². The van der Waals surface area contributed by atoms with Crippen LogP contribution >= 0.6 is 0 Å². The average Bonchev–Trinajstić information content (AvgIpc) is 3.60. The van der Waals surface area contributed by atoms with Gasteiger partial charge in [0.05, 0.1) is 18.7 Å². The number of carbonyl (C=O) groups is 2. The first-order valence-electron chi connectivity index (χ1n) is 13.5. The van der Waals surface area contributed by atoms with Gasteiger partial charge in [-0.25, -0.2) is 4.98 Å². The minimum absolute atomic E-state index is 0.0642. The molecule has 37 heavy (non-hydrogen) atoms. The van der Waals surface area contributed by atoms with Crippen molar-refractivity contribution in [2.24, 2.45) is 5.92 Å². The fourth-order valence-corrected chi connectivity index (χ4v) is 5.46. The fourth-order valence-electron chi connectivity index (χ4n) is 5.46. The Bertz CT molecular complexity index is 1060. The molecule has 3 heterocycles. The van der Waals surface area contributed by atoms with Gasteiger partial charge in [-0.05, 0) is 43.9 Å². The number of unbranched alkanes of at least 4 members (excludes halogenated alkanes) is 2. The largest absolute Gasteiger partial charge is 0.481 e. The van der Waals surface area contributed by atoms with Crippen LogP contribution in [0.25, 0.3) is 0 Å². The van der Waals surface area contributed by atoms with Crippen LogP contribution in [0.15, 0.2) is 28.8 Å². The van der Waals surface area contributed by atoms with Crippen LogP contribution in [0.3, 0.4) is 0 Å². The van der Waals surface area contributed by atoms with Crippen LogP contribution in [0.4, 0.5) is 0 Å². The SMILES string of the molecule is CCCCN(CCCC)C(=O)CN1C[C@H](c2ccc3c(c2)OCO3)C(C(=O)O)[C@@H]1CCc1ncc(C)o1. The van der Waals surface area contributed by atoms with Crippen LogP contribution in [-0.4, -0.2) is 70.8 Å². The van der Waals surface area contributed by atoms with Gasteiger partial charge in [-0.3, -0.25) is 14.5 Å². The molecule has 1 N–H and O–H groups in total. The molecule has 9 nitrogen and oxygen atoms in total. The van der Waals surface area contributed by atoms with Gasteiger partial charge >= 0.3 is 5.97 Å². The third-order valence-electron chi connectivity index (χ3n) is 7.44. The topological polar surface area (TPSA) is 105 Å². The Hall–Kier alpha value is -3.07. The second-order valence-corrected chi connectivity index (χ2v) is 10.1. The zero-order valence-electron chi connectivity index (χ0n) is 22.1. The molecule has 0 aliphatic carbocycles. The smallest absolute Gasteiger partial charge is 0.308 e. The van der Waals surface area contributed by atoms with Crippen molar-refractivity contribution in [2.45, 2.75) is 71.3 Å². The molecule has 2 aromatic rings. The molecule has 0 bridgehead atoms. The normalized spacial score (nSPS) is 20.9. The van der Waals surface area contributed by atoms with E-state index in [4.69, 9.17) is 13.9 Å². The zero-order valence-corrected chi connectivity index (χ0v) is 22.1. The highest BCUT2D eigenvalue weighted by molar-refractivity contribution is 5.79. The molecular formula is C28H39N3O6. The maximum atomic E-state index is 13.5. The molecule has 2 aliphatic heterocycles. The summed E-state index contributed by atoms with van der Waals surface area (Å²) in [6.07, 6.45) is 6.68. The average molecular weight is 514 g/mol. The number of carboxylic acids is 1.